The van der Waals surface area contributed by atoms with E-state index in [4.69, 9.17) is 0 Å². The Balaban J connectivity index is 1.47. The zero-order valence-corrected chi connectivity index (χ0v) is 24.2. The summed E-state index contributed by atoms with van der Waals surface area (Å²) in [6, 6.07) is 43.1. The van der Waals surface area contributed by atoms with E-state index in [1.54, 1.807) is 0 Å². The average molecular weight is 558 g/mol. The van der Waals surface area contributed by atoms with E-state index in [2.05, 4.69) is 149 Å². The topological polar surface area (TPSA) is 12.7 Å². The van der Waals surface area contributed by atoms with Gasteiger partial charge in [-0.1, -0.05) is 86.3 Å². The van der Waals surface area contributed by atoms with Crippen LogP contribution in [0.4, 0.5) is 0 Å². The third kappa shape index (κ3) is 2.53. The molecule has 1 atom stereocenters. The zero-order valence-electron chi connectivity index (χ0n) is 23.4. The number of fused-ring (bicyclic) bond motifs is 9. The van der Waals surface area contributed by atoms with Crippen LogP contribution < -0.4 is 9.13 Å². The number of aromatic nitrogens is 3. The highest BCUT2D eigenvalue weighted by Crippen LogP contribution is 2.56. The van der Waals surface area contributed by atoms with Crippen LogP contribution in [0, 0.1) is 0 Å². The first-order valence-corrected chi connectivity index (χ1v) is 15.6. The molecule has 198 valence electrons. The van der Waals surface area contributed by atoms with Gasteiger partial charge in [0.05, 0.1) is 26.5 Å². The van der Waals surface area contributed by atoms with E-state index in [0.717, 1.165) is 0 Å². The first kappa shape index (κ1) is 23.0. The van der Waals surface area contributed by atoms with E-state index in [9.17, 15) is 0 Å². The molecule has 42 heavy (non-hydrogen) atoms. The van der Waals surface area contributed by atoms with Crippen LogP contribution in [-0.2, 0) is 5.54 Å². The smallest absolute Gasteiger partial charge is 0.185 e. The van der Waals surface area contributed by atoms with Gasteiger partial charge in [0.25, 0.3) is 0 Å². The Kier molecular flexibility index (Phi) is 4.25. The van der Waals surface area contributed by atoms with Crippen LogP contribution in [-0.4, -0.2) is 4.57 Å². The molecule has 1 unspecified atom stereocenters. The second-order valence-electron chi connectivity index (χ2n) is 12.0. The highest BCUT2D eigenvalue weighted by atomic mass is 32.2. The number of nitrogens with zero attached hydrogens (tertiary/aromatic N) is 3. The molecule has 1 spiro atoms. The van der Waals surface area contributed by atoms with Gasteiger partial charge in [-0.2, -0.15) is 13.7 Å². The standard InChI is InChI=1S/C38H27N3S/c1-23(2)24-17-19-26(20-18-24)40-32-15-9-16-33-35(32)41-34-30(22-25-10-3-4-11-27(25)36(34)42-33)38(37(40)41)29-13-6-5-12-28(29)31-14-7-8-21-39(31)38/h3-23H,1-2H3/q+2. The number of imidazole rings is 1. The molecule has 0 amide bonds. The fourth-order valence-electron chi connectivity index (χ4n) is 7.87. The molecular formula is C38H27N3S+2. The molecule has 2 aromatic heterocycles. The monoisotopic (exact) mass is 557 g/mol. The number of rotatable bonds is 2. The van der Waals surface area contributed by atoms with Crippen molar-refractivity contribution in [3.8, 4) is 22.6 Å². The van der Waals surface area contributed by atoms with Crippen LogP contribution in [0.1, 0.15) is 42.3 Å². The van der Waals surface area contributed by atoms with Crippen LogP contribution in [0.5, 0.6) is 0 Å². The molecule has 4 heteroatoms. The molecule has 0 saturated heterocycles. The molecule has 0 N–H and O–H groups in total. The SMILES string of the molecule is CC(C)c1ccc(-n2c3[n+]4c5c(cccc52)Sc2c-4c(cc4ccccc24)C32c3ccccc3-c3cccc[n+]32)cc1. The van der Waals surface area contributed by atoms with Crippen LogP contribution in [0.2, 0.25) is 0 Å². The van der Waals surface area contributed by atoms with Gasteiger partial charge in [0.1, 0.15) is 5.69 Å². The van der Waals surface area contributed by atoms with Gasteiger partial charge in [-0.15, -0.1) is 0 Å². The molecule has 5 aromatic carbocycles. The molecular weight excluding hydrogens is 531 g/mol. The summed E-state index contributed by atoms with van der Waals surface area (Å²) < 4.78 is 7.71. The van der Waals surface area contributed by atoms with Gasteiger partial charge in [-0.05, 0) is 64.7 Å². The van der Waals surface area contributed by atoms with Crippen LogP contribution in [0.25, 0.3) is 44.4 Å². The molecule has 0 aliphatic carbocycles. The number of hydrogen-bond acceptors (Lipinski definition) is 1. The lowest BCUT2D eigenvalue weighted by Crippen LogP contribution is -2.57. The van der Waals surface area contributed by atoms with Crippen LogP contribution in [0.3, 0.4) is 0 Å². The minimum absolute atomic E-state index is 0.486. The Labute approximate surface area is 248 Å². The molecule has 3 nitrogen and oxygen atoms in total. The maximum Gasteiger partial charge on any atom is 0.352 e. The van der Waals surface area contributed by atoms with Crippen LogP contribution in [0.15, 0.2) is 131 Å². The lowest BCUT2D eigenvalue weighted by Gasteiger charge is -2.21. The fraction of sp³-hybridized carbons (Fsp3) is 0.105. The van der Waals surface area contributed by atoms with Crippen molar-refractivity contribution in [2.45, 2.75) is 35.1 Å². The summed E-state index contributed by atoms with van der Waals surface area (Å²) in [5.41, 5.74) is 11.1. The lowest BCUT2D eigenvalue weighted by molar-refractivity contribution is -0.733. The van der Waals surface area contributed by atoms with E-state index in [1.165, 1.54) is 76.7 Å². The molecule has 5 heterocycles. The highest BCUT2D eigenvalue weighted by Gasteiger charge is 2.68. The molecule has 7 aromatic rings. The quantitative estimate of drug-likeness (QED) is 0.196. The second kappa shape index (κ2) is 7.78. The fourth-order valence-corrected chi connectivity index (χ4v) is 9.13. The molecule has 10 rings (SSSR count). The summed E-state index contributed by atoms with van der Waals surface area (Å²) in [6.45, 7) is 4.53. The van der Waals surface area contributed by atoms with Crippen LogP contribution >= 0.6 is 11.8 Å². The van der Waals surface area contributed by atoms with Crippen molar-refractivity contribution < 1.29 is 9.13 Å². The van der Waals surface area contributed by atoms with E-state index in [1.807, 2.05) is 11.8 Å². The van der Waals surface area contributed by atoms with Gasteiger partial charge in [-0.25, -0.2) is 0 Å². The summed E-state index contributed by atoms with van der Waals surface area (Å²) in [7, 11) is 0. The predicted octanol–water partition coefficient (Wildman–Crippen LogP) is 8.07. The largest absolute Gasteiger partial charge is 0.352 e. The van der Waals surface area contributed by atoms with Crippen molar-refractivity contribution in [1.82, 2.24) is 4.57 Å². The minimum atomic E-state index is -0.529. The molecule has 0 bridgehead atoms. The van der Waals surface area contributed by atoms with Gasteiger partial charge >= 0.3 is 11.4 Å². The lowest BCUT2D eigenvalue weighted by atomic mass is 9.82. The maximum atomic E-state index is 2.61. The average Bonchev–Trinajstić information content (AvgIpc) is 3.64. The first-order chi connectivity index (χ1) is 20.7. The van der Waals surface area contributed by atoms with E-state index >= 15 is 0 Å². The Morgan fingerprint density at radius 3 is 2.45 bits per heavy atom. The Morgan fingerprint density at radius 2 is 1.57 bits per heavy atom. The van der Waals surface area contributed by atoms with E-state index in [-0.39, 0.29) is 0 Å². The van der Waals surface area contributed by atoms with Crippen molar-refractivity contribution in [2.75, 3.05) is 0 Å². The Morgan fingerprint density at radius 1 is 0.762 bits per heavy atom. The maximum absolute atomic E-state index is 2.61. The first-order valence-electron chi connectivity index (χ1n) is 14.7. The molecule has 3 aliphatic rings. The number of hydrogen-bond donors (Lipinski definition) is 0. The number of benzene rings is 5. The third-order valence-corrected chi connectivity index (χ3v) is 10.8. The molecule has 3 aliphatic heterocycles. The highest BCUT2D eigenvalue weighted by molar-refractivity contribution is 8.00. The molecule has 0 radical (unpaired) electrons. The second-order valence-corrected chi connectivity index (χ2v) is 13.1. The van der Waals surface area contributed by atoms with E-state index in [0.29, 0.717) is 5.92 Å². The summed E-state index contributed by atoms with van der Waals surface area (Å²) in [5, 5.41) is 2.60. The van der Waals surface area contributed by atoms with Gasteiger partial charge in [0.2, 0.25) is 5.69 Å². The normalized spacial score (nSPS) is 17.0. The van der Waals surface area contributed by atoms with Gasteiger partial charge in [-0.3, -0.25) is 0 Å². The van der Waals surface area contributed by atoms with Gasteiger partial charge in [0, 0.05) is 12.1 Å². The summed E-state index contributed by atoms with van der Waals surface area (Å²) in [6.07, 6.45) is 2.29. The van der Waals surface area contributed by atoms with Crippen molar-refractivity contribution >= 4 is 33.6 Å². The number of pyridine rings is 1. The van der Waals surface area contributed by atoms with Crippen molar-refractivity contribution in [1.29, 1.82) is 0 Å². The molecule has 0 fully saturated rings. The third-order valence-electron chi connectivity index (χ3n) is 9.62. The van der Waals surface area contributed by atoms with Gasteiger partial charge < -0.3 is 0 Å². The predicted molar refractivity (Wildman–Crippen MR) is 168 cm³/mol. The Hall–Kier alpha value is -4.67. The van der Waals surface area contributed by atoms with Gasteiger partial charge in [0.15, 0.2) is 22.9 Å². The molecule has 0 saturated carbocycles. The number of para-hydroxylation sites is 1. The summed E-state index contributed by atoms with van der Waals surface area (Å²) in [4.78, 5) is 2.66. The van der Waals surface area contributed by atoms with E-state index < -0.39 is 5.54 Å². The summed E-state index contributed by atoms with van der Waals surface area (Å²) >= 11 is 1.93. The van der Waals surface area contributed by atoms with Crippen molar-refractivity contribution in [3.05, 3.63) is 144 Å². The van der Waals surface area contributed by atoms with Crippen molar-refractivity contribution in [3.63, 3.8) is 0 Å². The minimum Gasteiger partial charge on any atom is -0.185 e. The Bertz CT molecular complexity index is 2260. The summed E-state index contributed by atoms with van der Waals surface area (Å²) in [5.74, 6) is 1.76. The van der Waals surface area contributed by atoms with Crippen molar-refractivity contribution in [2.24, 2.45) is 0 Å². The zero-order chi connectivity index (χ0) is 27.7.